The lowest BCUT2D eigenvalue weighted by Crippen LogP contribution is -2.42. The van der Waals surface area contributed by atoms with Crippen LogP contribution in [0.2, 0.25) is 0 Å². The van der Waals surface area contributed by atoms with Crippen molar-refractivity contribution >= 4 is 5.91 Å². The molecule has 3 N–H and O–H groups in total. The molecular weight excluding hydrogens is 214 g/mol. The number of nitrogens with zero attached hydrogens (tertiary/aromatic N) is 1. The molecule has 1 amide bonds. The number of nitrogens with one attached hydrogen (secondary N) is 1. The van der Waals surface area contributed by atoms with Crippen LogP contribution >= 0.6 is 0 Å². The van der Waals surface area contributed by atoms with E-state index in [4.69, 9.17) is 5.73 Å². The Morgan fingerprint density at radius 2 is 2.24 bits per heavy atom. The Balaban J connectivity index is 2.41. The molecule has 17 heavy (non-hydrogen) atoms. The summed E-state index contributed by atoms with van der Waals surface area (Å²) in [5.74, 6) is 0.657. The average molecular weight is 241 g/mol. The summed E-state index contributed by atoms with van der Waals surface area (Å²) in [6.45, 7) is 9.81. The normalized spacial score (nSPS) is 23.7. The number of carbonyl (C=O) groups excluding carboxylic acids is 1. The molecule has 0 aromatic heterocycles. The van der Waals surface area contributed by atoms with Gasteiger partial charge in [-0.25, -0.2) is 0 Å². The van der Waals surface area contributed by atoms with Crippen LogP contribution in [0, 0.1) is 17.3 Å². The first-order valence-corrected chi connectivity index (χ1v) is 6.53. The summed E-state index contributed by atoms with van der Waals surface area (Å²) in [5.41, 5.74) is 5.65. The van der Waals surface area contributed by atoms with Gasteiger partial charge in [-0.1, -0.05) is 20.8 Å². The molecule has 100 valence electrons. The topological polar surface area (TPSA) is 58.4 Å². The first kappa shape index (κ1) is 14.5. The third-order valence-electron chi connectivity index (χ3n) is 4.02. The second-order valence-electron chi connectivity index (χ2n) is 6.09. The molecule has 0 spiro atoms. The minimum atomic E-state index is -0.0861. The molecule has 0 aliphatic carbocycles. The molecule has 1 fully saturated rings. The Hall–Kier alpha value is -0.610. The van der Waals surface area contributed by atoms with Gasteiger partial charge in [-0.2, -0.15) is 0 Å². The molecule has 0 aromatic rings. The Bertz CT molecular complexity index is 265. The second-order valence-corrected chi connectivity index (χ2v) is 6.09. The predicted molar refractivity (Wildman–Crippen MR) is 70.6 cm³/mol. The van der Waals surface area contributed by atoms with Crippen LogP contribution in [0.1, 0.15) is 27.2 Å². The molecular formula is C13H27N3O. The van der Waals surface area contributed by atoms with E-state index >= 15 is 0 Å². The zero-order chi connectivity index (χ0) is 13.1. The van der Waals surface area contributed by atoms with Crippen molar-refractivity contribution in [1.82, 2.24) is 10.2 Å². The molecule has 2 atom stereocenters. The Labute approximate surface area is 105 Å². The SMILES string of the molecule is CC(CN)C(=O)NCC(C)(C)C1CCN(C)C1. The highest BCUT2D eigenvalue weighted by Gasteiger charge is 2.34. The molecule has 1 aliphatic rings. The summed E-state index contributed by atoms with van der Waals surface area (Å²) in [6, 6.07) is 0. The smallest absolute Gasteiger partial charge is 0.224 e. The van der Waals surface area contributed by atoms with Gasteiger partial charge in [-0.05, 0) is 31.3 Å². The molecule has 4 heteroatoms. The van der Waals surface area contributed by atoms with Crippen molar-refractivity contribution in [2.75, 3.05) is 33.2 Å². The fourth-order valence-electron chi connectivity index (χ4n) is 2.31. The standard InChI is InChI=1S/C13H27N3O/c1-10(7-14)12(17)15-9-13(2,3)11-5-6-16(4)8-11/h10-11H,5-9,14H2,1-4H3,(H,15,17). The van der Waals surface area contributed by atoms with Crippen molar-refractivity contribution in [3.8, 4) is 0 Å². The third kappa shape index (κ3) is 3.96. The van der Waals surface area contributed by atoms with Gasteiger partial charge in [0.2, 0.25) is 5.91 Å². The van der Waals surface area contributed by atoms with Gasteiger partial charge in [0.05, 0.1) is 0 Å². The molecule has 1 aliphatic heterocycles. The van der Waals surface area contributed by atoms with Crippen LogP contribution < -0.4 is 11.1 Å². The number of hydrogen-bond donors (Lipinski definition) is 2. The van der Waals surface area contributed by atoms with E-state index in [1.165, 1.54) is 13.0 Å². The van der Waals surface area contributed by atoms with E-state index in [0.29, 0.717) is 12.5 Å². The summed E-state index contributed by atoms with van der Waals surface area (Å²) < 4.78 is 0. The summed E-state index contributed by atoms with van der Waals surface area (Å²) in [7, 11) is 2.16. The molecule has 0 radical (unpaired) electrons. The molecule has 1 saturated heterocycles. The molecule has 0 saturated carbocycles. The van der Waals surface area contributed by atoms with Gasteiger partial charge in [0, 0.05) is 25.6 Å². The number of hydrogen-bond acceptors (Lipinski definition) is 3. The first-order chi connectivity index (χ1) is 7.86. The van der Waals surface area contributed by atoms with Crippen LogP contribution in [0.4, 0.5) is 0 Å². The van der Waals surface area contributed by atoms with Gasteiger partial charge >= 0.3 is 0 Å². The molecule has 0 bridgehead atoms. The lowest BCUT2D eigenvalue weighted by molar-refractivity contribution is -0.124. The van der Waals surface area contributed by atoms with Gasteiger partial charge < -0.3 is 16.0 Å². The van der Waals surface area contributed by atoms with E-state index in [1.54, 1.807) is 0 Å². The van der Waals surface area contributed by atoms with E-state index in [2.05, 4.69) is 31.1 Å². The molecule has 2 unspecified atom stereocenters. The molecule has 0 aromatic carbocycles. The highest BCUT2D eigenvalue weighted by molar-refractivity contribution is 5.78. The van der Waals surface area contributed by atoms with E-state index in [-0.39, 0.29) is 17.2 Å². The maximum atomic E-state index is 11.7. The van der Waals surface area contributed by atoms with E-state index in [0.717, 1.165) is 13.1 Å². The van der Waals surface area contributed by atoms with Gasteiger partial charge in [-0.15, -0.1) is 0 Å². The third-order valence-corrected chi connectivity index (χ3v) is 4.02. The zero-order valence-corrected chi connectivity index (χ0v) is 11.6. The summed E-state index contributed by atoms with van der Waals surface area (Å²) in [5, 5.41) is 3.03. The zero-order valence-electron chi connectivity index (χ0n) is 11.6. The molecule has 4 nitrogen and oxygen atoms in total. The predicted octanol–water partition coefficient (Wildman–Crippen LogP) is 0.675. The summed E-state index contributed by atoms with van der Waals surface area (Å²) >= 11 is 0. The minimum Gasteiger partial charge on any atom is -0.355 e. The Morgan fingerprint density at radius 1 is 1.59 bits per heavy atom. The van der Waals surface area contributed by atoms with Crippen LogP contribution in [0.25, 0.3) is 0 Å². The lowest BCUT2D eigenvalue weighted by Gasteiger charge is -2.32. The van der Waals surface area contributed by atoms with Gasteiger partial charge in [-0.3, -0.25) is 4.79 Å². The van der Waals surface area contributed by atoms with Crippen molar-refractivity contribution in [2.24, 2.45) is 23.0 Å². The summed E-state index contributed by atoms with van der Waals surface area (Å²) in [4.78, 5) is 14.1. The monoisotopic (exact) mass is 241 g/mol. The number of rotatable bonds is 5. The number of likely N-dealkylation sites (tertiary alicyclic amines) is 1. The second kappa shape index (κ2) is 5.83. The molecule has 1 heterocycles. The highest BCUT2D eigenvalue weighted by atomic mass is 16.1. The van der Waals surface area contributed by atoms with E-state index in [1.807, 2.05) is 6.92 Å². The van der Waals surface area contributed by atoms with Gasteiger partial charge in [0.25, 0.3) is 0 Å². The number of amides is 1. The molecule has 1 rings (SSSR count). The summed E-state index contributed by atoms with van der Waals surface area (Å²) in [6.07, 6.45) is 1.23. The van der Waals surface area contributed by atoms with Crippen molar-refractivity contribution in [2.45, 2.75) is 27.2 Å². The Morgan fingerprint density at radius 3 is 2.71 bits per heavy atom. The van der Waals surface area contributed by atoms with Crippen molar-refractivity contribution in [3.05, 3.63) is 0 Å². The first-order valence-electron chi connectivity index (χ1n) is 6.53. The van der Waals surface area contributed by atoms with Crippen molar-refractivity contribution in [1.29, 1.82) is 0 Å². The van der Waals surface area contributed by atoms with E-state index < -0.39 is 0 Å². The maximum absolute atomic E-state index is 11.7. The maximum Gasteiger partial charge on any atom is 0.224 e. The van der Waals surface area contributed by atoms with Crippen LogP contribution in [0.5, 0.6) is 0 Å². The van der Waals surface area contributed by atoms with Crippen molar-refractivity contribution in [3.63, 3.8) is 0 Å². The lowest BCUT2D eigenvalue weighted by atomic mass is 9.78. The minimum absolute atomic E-state index is 0.0759. The van der Waals surface area contributed by atoms with Crippen LogP contribution in [0.3, 0.4) is 0 Å². The number of carbonyl (C=O) groups is 1. The van der Waals surface area contributed by atoms with E-state index in [9.17, 15) is 4.79 Å². The van der Waals surface area contributed by atoms with Crippen LogP contribution in [0.15, 0.2) is 0 Å². The largest absolute Gasteiger partial charge is 0.355 e. The van der Waals surface area contributed by atoms with Crippen LogP contribution in [-0.4, -0.2) is 44.0 Å². The van der Waals surface area contributed by atoms with Crippen LogP contribution in [-0.2, 0) is 4.79 Å². The highest BCUT2D eigenvalue weighted by Crippen LogP contribution is 2.33. The van der Waals surface area contributed by atoms with Crippen molar-refractivity contribution < 1.29 is 4.79 Å². The van der Waals surface area contributed by atoms with Gasteiger partial charge in [0.1, 0.15) is 0 Å². The fourth-order valence-corrected chi connectivity index (χ4v) is 2.31. The Kier molecular flexibility index (Phi) is 4.95. The van der Waals surface area contributed by atoms with Gasteiger partial charge in [0.15, 0.2) is 0 Å². The number of nitrogens with two attached hydrogens (primary N) is 1. The fraction of sp³-hybridized carbons (Fsp3) is 0.923. The average Bonchev–Trinajstić information content (AvgIpc) is 2.72. The quantitative estimate of drug-likeness (QED) is 0.744.